The molecule has 0 atom stereocenters. The van der Waals surface area contributed by atoms with Crippen molar-refractivity contribution in [1.29, 1.82) is 0 Å². The predicted molar refractivity (Wildman–Crippen MR) is 234 cm³/mol. The summed E-state index contributed by atoms with van der Waals surface area (Å²) in [6, 6.07) is 68.8. The highest BCUT2D eigenvalue weighted by molar-refractivity contribution is 6.02. The smallest absolute Gasteiger partial charge is 0.0681 e. The Morgan fingerprint density at radius 2 is 0.964 bits per heavy atom. The van der Waals surface area contributed by atoms with Crippen LogP contribution in [0.25, 0.3) is 34.1 Å². The fraction of sp³-hybridized carbons (Fsp3) is 0.0566. The zero-order chi connectivity index (χ0) is 37.6. The standard InChI is InChI=1S/C53H43NO/c1-38-31-47-34-41(36-51(45-19-11-5-12-20-45)46-21-13-6-14-22-46)25-29-49(47)53(32-38)54(52-30-26-42(37-55)33-39(52)2)48-27-23-40(24-28-48)35-50(43-15-7-3-8-16-43)44-17-9-4-10-18-44/h3-36,55H,37H2,1-2H3. The van der Waals surface area contributed by atoms with Gasteiger partial charge in [0.15, 0.2) is 0 Å². The highest BCUT2D eigenvalue weighted by atomic mass is 16.3. The van der Waals surface area contributed by atoms with Crippen molar-refractivity contribution in [3.05, 3.63) is 244 Å². The summed E-state index contributed by atoms with van der Waals surface area (Å²) in [5, 5.41) is 12.3. The van der Waals surface area contributed by atoms with E-state index in [1.165, 1.54) is 44.3 Å². The minimum atomic E-state index is 0.00490. The molecule has 0 amide bonds. The third-order valence-electron chi connectivity index (χ3n) is 10.1. The molecule has 0 aliphatic carbocycles. The Bertz CT molecular complexity index is 2520. The highest BCUT2D eigenvalue weighted by Gasteiger charge is 2.19. The van der Waals surface area contributed by atoms with Gasteiger partial charge >= 0.3 is 0 Å². The summed E-state index contributed by atoms with van der Waals surface area (Å²) < 4.78 is 0. The summed E-state index contributed by atoms with van der Waals surface area (Å²) >= 11 is 0. The van der Waals surface area contributed by atoms with Crippen LogP contribution in [0.2, 0.25) is 0 Å². The predicted octanol–water partition coefficient (Wildman–Crippen LogP) is 13.6. The van der Waals surface area contributed by atoms with Crippen LogP contribution >= 0.6 is 0 Å². The summed E-state index contributed by atoms with van der Waals surface area (Å²) in [7, 11) is 0. The molecule has 0 aliphatic rings. The zero-order valence-electron chi connectivity index (χ0n) is 31.2. The van der Waals surface area contributed by atoms with E-state index in [1.807, 2.05) is 6.07 Å². The maximum atomic E-state index is 9.98. The molecule has 2 nitrogen and oxygen atoms in total. The van der Waals surface area contributed by atoms with Gasteiger partial charge in [-0.1, -0.05) is 164 Å². The van der Waals surface area contributed by atoms with Crippen LogP contribution in [-0.4, -0.2) is 5.11 Å². The van der Waals surface area contributed by atoms with Crippen molar-refractivity contribution in [1.82, 2.24) is 0 Å². The summed E-state index contributed by atoms with van der Waals surface area (Å²) in [6.45, 7) is 4.30. The highest BCUT2D eigenvalue weighted by Crippen LogP contribution is 2.42. The number of anilines is 3. The van der Waals surface area contributed by atoms with E-state index in [0.29, 0.717) is 0 Å². The SMILES string of the molecule is Cc1cc(N(c2ccc(C=C(c3ccccc3)c3ccccc3)cc2)c2ccc(CO)cc2C)c2ccc(C=C(c3ccccc3)c3ccccc3)cc2c1. The minimum absolute atomic E-state index is 0.00490. The summed E-state index contributed by atoms with van der Waals surface area (Å²) in [4.78, 5) is 2.36. The van der Waals surface area contributed by atoms with E-state index in [2.05, 4.69) is 219 Å². The number of hydrogen-bond acceptors (Lipinski definition) is 2. The molecule has 8 aromatic carbocycles. The van der Waals surface area contributed by atoms with Crippen LogP contribution in [0, 0.1) is 13.8 Å². The molecule has 0 saturated carbocycles. The van der Waals surface area contributed by atoms with Gasteiger partial charge < -0.3 is 10.0 Å². The average molecular weight is 710 g/mol. The second-order valence-corrected chi connectivity index (χ2v) is 14.1. The monoisotopic (exact) mass is 709 g/mol. The molecule has 0 aliphatic heterocycles. The van der Waals surface area contributed by atoms with Crippen LogP contribution in [0.1, 0.15) is 50.1 Å². The largest absolute Gasteiger partial charge is 0.392 e. The van der Waals surface area contributed by atoms with E-state index in [1.54, 1.807) is 0 Å². The first-order valence-corrected chi connectivity index (χ1v) is 18.8. The molecule has 266 valence electrons. The van der Waals surface area contributed by atoms with Gasteiger partial charge in [0.25, 0.3) is 0 Å². The first-order valence-electron chi connectivity index (χ1n) is 18.8. The Labute approximate surface area is 324 Å². The Morgan fingerprint density at radius 3 is 1.45 bits per heavy atom. The third-order valence-corrected chi connectivity index (χ3v) is 10.1. The Kier molecular flexibility index (Phi) is 10.3. The number of aliphatic hydroxyl groups is 1. The molecule has 55 heavy (non-hydrogen) atoms. The lowest BCUT2D eigenvalue weighted by Gasteiger charge is -2.29. The van der Waals surface area contributed by atoms with Crippen LogP contribution < -0.4 is 4.90 Å². The molecule has 0 fully saturated rings. The average Bonchev–Trinajstić information content (AvgIpc) is 3.24. The lowest BCUT2D eigenvalue weighted by atomic mass is 9.94. The summed E-state index contributed by atoms with van der Waals surface area (Å²) in [5.41, 5.74) is 15.8. The van der Waals surface area contributed by atoms with Crippen LogP contribution in [0.5, 0.6) is 0 Å². The van der Waals surface area contributed by atoms with Crippen molar-refractivity contribution < 1.29 is 5.11 Å². The molecule has 8 aromatic rings. The molecule has 0 radical (unpaired) electrons. The fourth-order valence-corrected chi connectivity index (χ4v) is 7.45. The molecular formula is C53H43NO. The molecule has 0 bridgehead atoms. The van der Waals surface area contributed by atoms with Crippen LogP contribution in [0.3, 0.4) is 0 Å². The Morgan fingerprint density at radius 1 is 0.473 bits per heavy atom. The number of fused-ring (bicyclic) bond motifs is 1. The van der Waals surface area contributed by atoms with Gasteiger partial charge in [-0.05, 0) is 123 Å². The second-order valence-electron chi connectivity index (χ2n) is 14.1. The van der Waals surface area contributed by atoms with Crippen molar-refractivity contribution in [2.45, 2.75) is 20.5 Å². The molecule has 0 spiro atoms. The molecule has 0 unspecified atom stereocenters. The fourth-order valence-electron chi connectivity index (χ4n) is 7.45. The van der Waals surface area contributed by atoms with E-state index >= 15 is 0 Å². The Balaban J connectivity index is 1.25. The van der Waals surface area contributed by atoms with Crippen LogP contribution in [0.15, 0.2) is 194 Å². The van der Waals surface area contributed by atoms with Gasteiger partial charge in [0.05, 0.1) is 12.3 Å². The molecular weight excluding hydrogens is 667 g/mol. The second kappa shape index (κ2) is 16.1. The van der Waals surface area contributed by atoms with E-state index < -0.39 is 0 Å². The normalized spacial score (nSPS) is 10.9. The quantitative estimate of drug-likeness (QED) is 0.143. The van der Waals surface area contributed by atoms with Gasteiger partial charge in [-0.2, -0.15) is 0 Å². The number of hydrogen-bond donors (Lipinski definition) is 1. The van der Waals surface area contributed by atoms with E-state index in [0.717, 1.165) is 44.7 Å². The minimum Gasteiger partial charge on any atom is -0.392 e. The maximum Gasteiger partial charge on any atom is 0.0681 e. The molecule has 8 rings (SSSR count). The van der Waals surface area contributed by atoms with Crippen molar-refractivity contribution >= 4 is 51.1 Å². The number of benzene rings is 8. The lowest BCUT2D eigenvalue weighted by molar-refractivity contribution is 0.282. The molecule has 0 aromatic heterocycles. The van der Waals surface area contributed by atoms with Gasteiger partial charge in [0, 0.05) is 16.8 Å². The van der Waals surface area contributed by atoms with E-state index in [-0.39, 0.29) is 6.61 Å². The first kappa shape index (κ1) is 35.3. The molecule has 2 heteroatoms. The summed E-state index contributed by atoms with van der Waals surface area (Å²) in [6.07, 6.45) is 4.57. The number of rotatable bonds is 10. The van der Waals surface area contributed by atoms with Gasteiger partial charge in [-0.25, -0.2) is 0 Å². The number of aliphatic hydroxyl groups excluding tert-OH is 1. The number of nitrogens with zero attached hydrogens (tertiary/aromatic N) is 1. The van der Waals surface area contributed by atoms with Crippen molar-refractivity contribution in [3.8, 4) is 0 Å². The molecule has 0 heterocycles. The van der Waals surface area contributed by atoms with Crippen molar-refractivity contribution in [3.63, 3.8) is 0 Å². The van der Waals surface area contributed by atoms with E-state index in [4.69, 9.17) is 0 Å². The zero-order valence-corrected chi connectivity index (χ0v) is 31.2. The van der Waals surface area contributed by atoms with Crippen molar-refractivity contribution in [2.75, 3.05) is 4.90 Å². The van der Waals surface area contributed by atoms with Crippen molar-refractivity contribution in [2.24, 2.45) is 0 Å². The first-order chi connectivity index (χ1) is 27.0. The summed E-state index contributed by atoms with van der Waals surface area (Å²) in [5.74, 6) is 0. The van der Waals surface area contributed by atoms with Crippen LogP contribution in [0.4, 0.5) is 17.1 Å². The third kappa shape index (κ3) is 7.82. The molecule has 0 saturated heterocycles. The van der Waals surface area contributed by atoms with Gasteiger partial charge in [-0.3, -0.25) is 0 Å². The van der Waals surface area contributed by atoms with Gasteiger partial charge in [0.1, 0.15) is 0 Å². The van der Waals surface area contributed by atoms with E-state index in [9.17, 15) is 5.11 Å². The van der Waals surface area contributed by atoms with Crippen LogP contribution in [-0.2, 0) is 6.61 Å². The topological polar surface area (TPSA) is 23.5 Å². The van der Waals surface area contributed by atoms with Gasteiger partial charge in [0.2, 0.25) is 0 Å². The molecule has 1 N–H and O–H groups in total. The van der Waals surface area contributed by atoms with Gasteiger partial charge in [-0.15, -0.1) is 0 Å². The Hall–Kier alpha value is -6.74. The number of aryl methyl sites for hydroxylation is 2. The maximum absolute atomic E-state index is 9.98. The lowest BCUT2D eigenvalue weighted by Crippen LogP contribution is -2.12.